The van der Waals surface area contributed by atoms with Crippen LogP contribution >= 0.6 is 0 Å². The van der Waals surface area contributed by atoms with E-state index in [1.54, 1.807) is 0 Å². The number of ether oxygens (including phenoxy) is 1. The lowest BCUT2D eigenvalue weighted by Gasteiger charge is -2.23. The zero-order chi connectivity index (χ0) is 23.9. The first kappa shape index (κ1) is 21.2. The summed E-state index contributed by atoms with van der Waals surface area (Å²) < 4.78 is 14.8. The van der Waals surface area contributed by atoms with Crippen LogP contribution in [0.5, 0.6) is 11.5 Å². The van der Waals surface area contributed by atoms with Crippen molar-refractivity contribution in [2.24, 2.45) is 0 Å². The van der Waals surface area contributed by atoms with Crippen LogP contribution in [0.25, 0.3) is 22.6 Å². The summed E-state index contributed by atoms with van der Waals surface area (Å²) in [7, 11) is 0. The largest absolute Gasteiger partial charge is 0.453 e. The van der Waals surface area contributed by atoms with E-state index in [2.05, 4.69) is 48.1 Å². The summed E-state index contributed by atoms with van der Waals surface area (Å²) in [5.41, 5.74) is 7.28. The minimum absolute atomic E-state index is 0.753. The maximum absolute atomic E-state index is 6.33. The number of hydrogen-bond donors (Lipinski definition) is 2. The molecule has 0 radical (unpaired) electrons. The summed E-state index contributed by atoms with van der Waals surface area (Å²) in [6.45, 7) is 8.28. The molecule has 2 heterocycles. The molecular weight excluding hydrogens is 436 g/mol. The molecule has 0 saturated heterocycles. The molecule has 6 rings (SSSR count). The third kappa shape index (κ3) is 3.67. The minimum Gasteiger partial charge on any atom is -0.453 e. The molecule has 3 aliphatic rings. The van der Waals surface area contributed by atoms with Gasteiger partial charge >= 0.3 is 0 Å². The number of fused-ring (bicyclic) bond motifs is 4. The number of nitrogens with one attached hydrogen (secondary N) is 2. The Bertz CT molecular complexity index is 1610. The van der Waals surface area contributed by atoms with Gasteiger partial charge in [0.2, 0.25) is 5.36 Å². The molecule has 0 amide bonds. The molecule has 3 aromatic rings. The fourth-order valence-electron chi connectivity index (χ4n) is 4.69. The van der Waals surface area contributed by atoms with Crippen molar-refractivity contribution in [2.75, 3.05) is 23.7 Å². The second-order valence-corrected chi connectivity index (χ2v) is 8.66. The molecule has 0 bridgehead atoms. The van der Waals surface area contributed by atoms with Gasteiger partial charge in [0.1, 0.15) is 24.3 Å². The number of aromatic nitrogens is 1. The Morgan fingerprint density at radius 3 is 2.51 bits per heavy atom. The lowest BCUT2D eigenvalue weighted by molar-refractivity contribution is 0.481. The summed E-state index contributed by atoms with van der Waals surface area (Å²) in [4.78, 5) is 4.99. The average molecular weight is 464 g/mol. The second-order valence-electron chi connectivity index (χ2n) is 8.66. The standard InChI is InChI=1S/C29H26N4O2/c1-4-33(5-2)23-17-27-29(32-21-11-7-9-13-25(21)35-27)28(18(23)3)30-19-14-15-22-26(16-19)34-24-12-8-6-10-20(24)31-22/h6-17H,4-5H2,1-3H3,(H,31,32)/p+1. The normalized spacial score (nSPS) is 12.0. The van der Waals surface area contributed by atoms with Crippen LogP contribution in [0.3, 0.4) is 0 Å². The van der Waals surface area contributed by atoms with Crippen molar-refractivity contribution in [3.8, 4) is 23.0 Å². The first-order valence-electron chi connectivity index (χ1n) is 12.0. The molecule has 2 N–H and O–H groups in total. The molecule has 3 aromatic carbocycles. The molecule has 0 atom stereocenters. The Balaban J connectivity index is 1.51. The summed E-state index contributed by atoms with van der Waals surface area (Å²) in [6, 6.07) is 24.0. The maximum Gasteiger partial charge on any atom is 0.208 e. The lowest BCUT2D eigenvalue weighted by atomic mass is 10.1. The zero-order valence-corrected chi connectivity index (χ0v) is 20.1. The first-order valence-corrected chi connectivity index (χ1v) is 12.0. The number of benzene rings is 4. The molecule has 6 heteroatoms. The number of rotatable bonds is 4. The van der Waals surface area contributed by atoms with Gasteiger partial charge in [0.05, 0.1) is 23.1 Å². The zero-order valence-electron chi connectivity index (χ0n) is 20.1. The highest BCUT2D eigenvalue weighted by atomic mass is 16.5. The Labute approximate surface area is 203 Å². The van der Waals surface area contributed by atoms with Gasteiger partial charge in [-0.05, 0) is 57.2 Å². The van der Waals surface area contributed by atoms with Crippen molar-refractivity contribution in [2.45, 2.75) is 20.8 Å². The van der Waals surface area contributed by atoms with Crippen LogP contribution in [0.2, 0.25) is 0 Å². The van der Waals surface area contributed by atoms with E-state index >= 15 is 0 Å². The fraction of sp³-hybridized carbons (Fsp3) is 0.172. The molecule has 1 aliphatic carbocycles. The third-order valence-electron chi connectivity index (χ3n) is 6.55. The molecule has 0 spiro atoms. The Morgan fingerprint density at radius 2 is 1.66 bits per heavy atom. The van der Waals surface area contributed by atoms with Crippen LogP contribution < -0.4 is 25.3 Å². The van der Waals surface area contributed by atoms with Gasteiger partial charge in [-0.15, -0.1) is 0 Å². The van der Waals surface area contributed by atoms with Crippen molar-refractivity contribution in [3.63, 3.8) is 0 Å². The highest BCUT2D eigenvalue weighted by molar-refractivity contribution is 5.85. The van der Waals surface area contributed by atoms with Crippen molar-refractivity contribution >= 4 is 33.8 Å². The third-order valence-corrected chi connectivity index (χ3v) is 6.55. The molecular formula is C29H27N4O2+. The van der Waals surface area contributed by atoms with Gasteiger partial charge in [-0.3, -0.25) is 0 Å². The molecule has 6 nitrogen and oxygen atoms in total. The second kappa shape index (κ2) is 8.47. The molecule has 0 unspecified atom stereocenters. The molecule has 2 aliphatic heterocycles. The topological polar surface area (TPSA) is 62.3 Å². The van der Waals surface area contributed by atoms with Crippen LogP contribution in [0.15, 0.2) is 77.2 Å². The van der Waals surface area contributed by atoms with Gasteiger partial charge in [0, 0.05) is 17.3 Å². The van der Waals surface area contributed by atoms with E-state index in [1.165, 1.54) is 0 Å². The molecule has 0 fully saturated rings. The van der Waals surface area contributed by atoms with E-state index < -0.39 is 0 Å². The van der Waals surface area contributed by atoms with Crippen molar-refractivity contribution in [3.05, 3.63) is 83.7 Å². The maximum atomic E-state index is 6.33. The average Bonchev–Trinajstić information content (AvgIpc) is 2.89. The summed E-state index contributed by atoms with van der Waals surface area (Å²) >= 11 is 0. The van der Waals surface area contributed by atoms with E-state index in [0.29, 0.717) is 0 Å². The van der Waals surface area contributed by atoms with Crippen molar-refractivity contribution in [1.82, 2.24) is 9.56 Å². The van der Waals surface area contributed by atoms with E-state index in [0.717, 1.165) is 80.8 Å². The Kier molecular flexibility index (Phi) is 5.14. The molecule has 35 heavy (non-hydrogen) atoms. The monoisotopic (exact) mass is 463 g/mol. The van der Waals surface area contributed by atoms with E-state index in [4.69, 9.17) is 14.1 Å². The smallest absolute Gasteiger partial charge is 0.208 e. The van der Waals surface area contributed by atoms with Crippen LogP contribution in [-0.4, -0.2) is 18.1 Å². The van der Waals surface area contributed by atoms with Gasteiger partial charge in [-0.1, -0.05) is 24.3 Å². The summed E-state index contributed by atoms with van der Waals surface area (Å²) in [6.07, 6.45) is 0. The van der Waals surface area contributed by atoms with Gasteiger partial charge in [-0.25, -0.2) is 9.56 Å². The number of para-hydroxylation sites is 4. The molecule has 174 valence electrons. The highest BCUT2D eigenvalue weighted by Gasteiger charge is 2.23. The van der Waals surface area contributed by atoms with Crippen LogP contribution in [-0.2, 0) is 0 Å². The number of anilines is 4. The highest BCUT2D eigenvalue weighted by Crippen LogP contribution is 2.43. The van der Waals surface area contributed by atoms with E-state index in [1.807, 2.05) is 60.7 Å². The molecule has 0 saturated carbocycles. The van der Waals surface area contributed by atoms with E-state index in [-0.39, 0.29) is 0 Å². The van der Waals surface area contributed by atoms with Crippen LogP contribution in [0.4, 0.5) is 22.7 Å². The Hall–Kier alpha value is -4.32. The summed E-state index contributed by atoms with van der Waals surface area (Å²) in [5.74, 6) is 2.34. The van der Waals surface area contributed by atoms with Crippen LogP contribution in [0, 0.1) is 6.92 Å². The van der Waals surface area contributed by atoms with Crippen molar-refractivity contribution in [1.29, 1.82) is 0 Å². The summed E-state index contributed by atoms with van der Waals surface area (Å²) in [5, 5.41) is 8.22. The van der Waals surface area contributed by atoms with Gasteiger partial charge in [0.25, 0.3) is 0 Å². The van der Waals surface area contributed by atoms with Gasteiger partial charge in [-0.2, -0.15) is 0 Å². The number of hydrogen-bond acceptors (Lipinski definition) is 5. The molecule has 0 aromatic heterocycles. The lowest BCUT2D eigenvalue weighted by Crippen LogP contribution is -2.32. The van der Waals surface area contributed by atoms with E-state index in [9.17, 15) is 0 Å². The van der Waals surface area contributed by atoms with Crippen molar-refractivity contribution < 1.29 is 9.15 Å². The predicted molar refractivity (Wildman–Crippen MR) is 141 cm³/mol. The quantitative estimate of drug-likeness (QED) is 0.226. The number of nitrogens with zero attached hydrogens (tertiary/aromatic N) is 2. The van der Waals surface area contributed by atoms with Gasteiger partial charge in [0.15, 0.2) is 22.8 Å². The fourth-order valence-corrected chi connectivity index (χ4v) is 4.69. The van der Waals surface area contributed by atoms with Crippen LogP contribution in [0.1, 0.15) is 19.4 Å². The first-order chi connectivity index (χ1) is 17.1. The Morgan fingerprint density at radius 1 is 0.886 bits per heavy atom. The minimum atomic E-state index is 0.753. The van der Waals surface area contributed by atoms with Gasteiger partial charge < -0.3 is 19.8 Å². The SMILES string of the molecule is CC[N+](CC)=c1cc2oc3ccccc3nc-2c(Nc2ccc3c(c2)Oc2ccccc2N3)c1C. The predicted octanol–water partition coefficient (Wildman–Crippen LogP) is 6.65.